The topological polar surface area (TPSA) is 72.3 Å². The molecule has 0 radical (unpaired) electrons. The molecule has 0 unspecified atom stereocenters. The van der Waals surface area contributed by atoms with E-state index < -0.39 is 0 Å². The van der Waals surface area contributed by atoms with Crippen molar-refractivity contribution in [2.24, 2.45) is 0 Å². The summed E-state index contributed by atoms with van der Waals surface area (Å²) in [6, 6.07) is 12.7. The number of amides is 1. The molecule has 2 heterocycles. The third-order valence-electron chi connectivity index (χ3n) is 6.48. The third-order valence-corrected chi connectivity index (χ3v) is 7.16. The van der Waals surface area contributed by atoms with Gasteiger partial charge in [0, 0.05) is 50.0 Å². The van der Waals surface area contributed by atoms with E-state index in [1.807, 2.05) is 12.3 Å². The molecule has 1 saturated heterocycles. The average molecular weight is 464 g/mol. The van der Waals surface area contributed by atoms with Crippen LogP contribution in [0, 0.1) is 18.3 Å². The summed E-state index contributed by atoms with van der Waals surface area (Å²) in [5, 5.41) is 13.3. The van der Waals surface area contributed by atoms with Crippen LogP contribution in [0.3, 0.4) is 0 Å². The molecule has 7 heteroatoms. The first-order valence-corrected chi connectivity index (χ1v) is 13.1. The lowest BCUT2D eigenvalue weighted by Crippen LogP contribution is -2.46. The van der Waals surface area contributed by atoms with E-state index in [9.17, 15) is 10.1 Å². The maximum atomic E-state index is 12.8. The molecule has 0 spiro atoms. The molecule has 174 valence electrons. The number of carbonyl (C=O) groups excluding carboxylic acids is 1. The number of thioether (sulfide) groups is 1. The Morgan fingerprint density at radius 2 is 2.00 bits per heavy atom. The molecular formula is C26H33N5OS. The second-order valence-corrected chi connectivity index (χ2v) is 9.79. The van der Waals surface area contributed by atoms with Crippen molar-refractivity contribution in [3.05, 3.63) is 52.7 Å². The normalized spacial score (nSPS) is 16.5. The molecule has 1 aromatic heterocycles. The van der Waals surface area contributed by atoms with Crippen LogP contribution in [0.4, 0.5) is 5.69 Å². The van der Waals surface area contributed by atoms with Crippen LogP contribution in [0.1, 0.15) is 58.8 Å². The first-order chi connectivity index (χ1) is 16.1. The predicted octanol–water partition coefficient (Wildman–Crippen LogP) is 4.19. The van der Waals surface area contributed by atoms with Crippen molar-refractivity contribution in [1.29, 1.82) is 5.26 Å². The summed E-state index contributed by atoms with van der Waals surface area (Å²) in [5.74, 6) is 0.291. The van der Waals surface area contributed by atoms with Gasteiger partial charge in [-0.05, 0) is 69.2 Å². The summed E-state index contributed by atoms with van der Waals surface area (Å²) in [5.41, 5.74) is 4.45. The second kappa shape index (κ2) is 11.0. The number of benzene rings is 1. The van der Waals surface area contributed by atoms with E-state index in [4.69, 9.17) is 0 Å². The van der Waals surface area contributed by atoms with Crippen LogP contribution in [-0.2, 0) is 0 Å². The largest absolute Gasteiger partial charge is 0.369 e. The van der Waals surface area contributed by atoms with Crippen LogP contribution in [0.5, 0.6) is 0 Å². The smallest absolute Gasteiger partial charge is 0.252 e. The fraction of sp³-hybridized carbons (Fsp3) is 0.500. The van der Waals surface area contributed by atoms with Gasteiger partial charge in [0.15, 0.2) is 0 Å². The van der Waals surface area contributed by atoms with E-state index in [1.54, 1.807) is 0 Å². The number of nitriles is 1. The Hall–Kier alpha value is -2.56. The van der Waals surface area contributed by atoms with Gasteiger partial charge in [0.25, 0.3) is 5.91 Å². The number of nitrogens with zero attached hydrogens (tertiary/aromatic N) is 4. The quantitative estimate of drug-likeness (QED) is 0.444. The highest BCUT2D eigenvalue weighted by atomic mass is 32.2. The van der Waals surface area contributed by atoms with Crippen molar-refractivity contribution in [2.45, 2.75) is 43.6 Å². The number of nitrogens with one attached hydrogen (secondary N) is 1. The van der Waals surface area contributed by atoms with Gasteiger partial charge in [-0.2, -0.15) is 5.26 Å². The maximum absolute atomic E-state index is 12.8. The van der Waals surface area contributed by atoms with Crippen molar-refractivity contribution < 1.29 is 4.79 Å². The Balaban J connectivity index is 1.21. The van der Waals surface area contributed by atoms with Crippen LogP contribution in [0.25, 0.3) is 0 Å². The van der Waals surface area contributed by atoms with Crippen molar-refractivity contribution in [3.8, 4) is 6.07 Å². The molecule has 0 bridgehead atoms. The molecule has 6 nitrogen and oxygen atoms in total. The van der Waals surface area contributed by atoms with Crippen molar-refractivity contribution in [1.82, 2.24) is 15.2 Å². The third kappa shape index (κ3) is 6.07. The molecular weight excluding hydrogens is 430 g/mol. The van der Waals surface area contributed by atoms with E-state index in [1.165, 1.54) is 23.0 Å². The van der Waals surface area contributed by atoms with E-state index in [2.05, 4.69) is 57.4 Å². The molecule has 4 rings (SSSR count). The molecule has 33 heavy (non-hydrogen) atoms. The maximum Gasteiger partial charge on any atom is 0.252 e. The average Bonchev–Trinajstić information content (AvgIpc) is 3.69. The first kappa shape index (κ1) is 23.6. The molecule has 1 saturated carbocycles. The molecule has 0 atom stereocenters. The molecule has 2 fully saturated rings. The van der Waals surface area contributed by atoms with Gasteiger partial charge >= 0.3 is 0 Å². The summed E-state index contributed by atoms with van der Waals surface area (Å²) in [7, 11) is 0. The SMILES string of the molecule is CSc1nc(C2CC2)cc(C(=O)NCCCCN2CCN(c3cccc(C)c3)CC2)c1C#N. The highest BCUT2D eigenvalue weighted by Crippen LogP contribution is 2.40. The monoisotopic (exact) mass is 463 g/mol. The van der Waals surface area contributed by atoms with Crippen LogP contribution in [0.15, 0.2) is 35.4 Å². The fourth-order valence-corrected chi connectivity index (χ4v) is 4.93. The molecule has 1 amide bonds. The van der Waals surface area contributed by atoms with Crippen LogP contribution < -0.4 is 10.2 Å². The molecule has 1 N–H and O–H groups in total. The van der Waals surface area contributed by atoms with E-state index in [0.717, 1.165) is 64.1 Å². The number of aromatic nitrogens is 1. The zero-order valence-corrected chi connectivity index (χ0v) is 20.5. The van der Waals surface area contributed by atoms with Gasteiger partial charge < -0.3 is 10.2 Å². The van der Waals surface area contributed by atoms with Crippen molar-refractivity contribution in [3.63, 3.8) is 0 Å². The van der Waals surface area contributed by atoms with Gasteiger partial charge in [-0.25, -0.2) is 4.98 Å². The molecule has 1 aliphatic carbocycles. The summed E-state index contributed by atoms with van der Waals surface area (Å²) >= 11 is 1.44. The van der Waals surface area contributed by atoms with Crippen molar-refractivity contribution in [2.75, 3.05) is 50.4 Å². The molecule has 1 aliphatic heterocycles. The first-order valence-electron chi connectivity index (χ1n) is 11.9. The lowest BCUT2D eigenvalue weighted by atomic mass is 10.1. The number of rotatable bonds is 9. The number of hydrogen-bond donors (Lipinski definition) is 1. The Labute approximate surface area is 201 Å². The highest BCUT2D eigenvalue weighted by Gasteiger charge is 2.28. The Kier molecular flexibility index (Phi) is 7.89. The number of hydrogen-bond acceptors (Lipinski definition) is 6. The molecule has 1 aromatic carbocycles. The molecule has 2 aromatic rings. The Morgan fingerprint density at radius 3 is 2.67 bits per heavy atom. The summed E-state index contributed by atoms with van der Waals surface area (Å²) in [4.78, 5) is 22.4. The van der Waals surface area contributed by atoms with Crippen molar-refractivity contribution >= 4 is 23.4 Å². The Bertz CT molecular complexity index is 1020. The van der Waals surface area contributed by atoms with Gasteiger partial charge in [0.05, 0.1) is 11.1 Å². The van der Waals surface area contributed by atoms with E-state index in [-0.39, 0.29) is 5.91 Å². The van der Waals surface area contributed by atoms with Gasteiger partial charge in [0.1, 0.15) is 11.1 Å². The summed E-state index contributed by atoms with van der Waals surface area (Å²) in [6.07, 6.45) is 6.12. The minimum Gasteiger partial charge on any atom is -0.369 e. The number of anilines is 1. The summed E-state index contributed by atoms with van der Waals surface area (Å²) < 4.78 is 0. The predicted molar refractivity (Wildman–Crippen MR) is 134 cm³/mol. The number of aryl methyl sites for hydroxylation is 1. The van der Waals surface area contributed by atoms with Gasteiger partial charge in [0.2, 0.25) is 0 Å². The Morgan fingerprint density at radius 1 is 1.21 bits per heavy atom. The minimum atomic E-state index is -0.155. The fourth-order valence-electron chi connectivity index (χ4n) is 4.38. The zero-order valence-electron chi connectivity index (χ0n) is 19.6. The van der Waals surface area contributed by atoms with Gasteiger partial charge in [-0.15, -0.1) is 11.8 Å². The lowest BCUT2D eigenvalue weighted by molar-refractivity contribution is 0.0951. The standard InChI is InChI=1S/C26H33N5OS/c1-19-6-5-7-21(16-19)31-14-12-30(13-15-31)11-4-3-10-28-25(32)22-17-24(20-8-9-20)29-26(33-2)23(22)18-27/h5-7,16-17,20H,3-4,8-15H2,1-2H3,(H,28,32). The number of piperazine rings is 1. The van der Waals surface area contributed by atoms with E-state index in [0.29, 0.717) is 28.6 Å². The summed E-state index contributed by atoms with van der Waals surface area (Å²) in [6.45, 7) is 8.08. The minimum absolute atomic E-state index is 0.155. The van der Waals surface area contributed by atoms with Crippen LogP contribution in [-0.4, -0.2) is 61.3 Å². The number of pyridine rings is 1. The highest BCUT2D eigenvalue weighted by molar-refractivity contribution is 7.98. The molecule has 2 aliphatic rings. The van der Waals surface area contributed by atoms with Gasteiger partial charge in [-0.3, -0.25) is 9.69 Å². The second-order valence-electron chi connectivity index (χ2n) is 9.00. The lowest BCUT2D eigenvalue weighted by Gasteiger charge is -2.36. The number of carbonyl (C=O) groups is 1. The van der Waals surface area contributed by atoms with Crippen LogP contribution >= 0.6 is 11.8 Å². The van der Waals surface area contributed by atoms with E-state index >= 15 is 0 Å². The van der Waals surface area contributed by atoms with Gasteiger partial charge in [-0.1, -0.05) is 12.1 Å². The number of unbranched alkanes of at least 4 members (excludes halogenated alkanes) is 1. The zero-order chi connectivity index (χ0) is 23.2. The van der Waals surface area contributed by atoms with Crippen LogP contribution in [0.2, 0.25) is 0 Å².